The minimum absolute atomic E-state index is 0.373. The van der Waals surface area contributed by atoms with E-state index in [4.69, 9.17) is 9.47 Å². The highest BCUT2D eigenvalue weighted by atomic mass is 16.6. The molecule has 0 aliphatic carbocycles. The smallest absolute Gasteiger partial charge is 0.104 e. The summed E-state index contributed by atoms with van der Waals surface area (Å²) in [5.41, 5.74) is 0. The van der Waals surface area contributed by atoms with Gasteiger partial charge in [-0.1, -0.05) is 13.3 Å². The molecular formula is C9H19NO2. The van der Waals surface area contributed by atoms with Gasteiger partial charge < -0.3 is 14.8 Å². The molecule has 1 N–H and O–H groups in total. The van der Waals surface area contributed by atoms with Gasteiger partial charge in [0.05, 0.1) is 19.8 Å². The third-order valence-corrected chi connectivity index (χ3v) is 1.95. The molecule has 3 heteroatoms. The molecular weight excluding hydrogens is 154 g/mol. The summed E-state index contributed by atoms with van der Waals surface area (Å²) < 4.78 is 10.5. The van der Waals surface area contributed by atoms with Crippen molar-refractivity contribution in [3.05, 3.63) is 0 Å². The molecule has 72 valence electrons. The van der Waals surface area contributed by atoms with Gasteiger partial charge in [-0.25, -0.2) is 0 Å². The van der Waals surface area contributed by atoms with Crippen molar-refractivity contribution in [1.29, 1.82) is 0 Å². The number of rotatable bonds is 7. The Morgan fingerprint density at radius 3 is 2.83 bits per heavy atom. The van der Waals surface area contributed by atoms with Crippen LogP contribution in [0.2, 0.25) is 0 Å². The Morgan fingerprint density at radius 1 is 1.42 bits per heavy atom. The Kier molecular flexibility index (Phi) is 5.32. The zero-order valence-electron chi connectivity index (χ0n) is 7.84. The Morgan fingerprint density at radius 2 is 2.25 bits per heavy atom. The summed E-state index contributed by atoms with van der Waals surface area (Å²) >= 11 is 0. The first kappa shape index (κ1) is 9.96. The van der Waals surface area contributed by atoms with Gasteiger partial charge in [0.15, 0.2) is 0 Å². The molecule has 3 nitrogen and oxygen atoms in total. The quantitative estimate of drug-likeness (QED) is 0.577. The Labute approximate surface area is 74.4 Å². The van der Waals surface area contributed by atoms with Crippen LogP contribution in [0.3, 0.4) is 0 Å². The predicted molar refractivity (Wildman–Crippen MR) is 48.3 cm³/mol. The van der Waals surface area contributed by atoms with Crippen molar-refractivity contribution >= 4 is 0 Å². The molecule has 0 aromatic carbocycles. The van der Waals surface area contributed by atoms with Gasteiger partial charge in [-0.2, -0.15) is 0 Å². The summed E-state index contributed by atoms with van der Waals surface area (Å²) in [7, 11) is 0. The summed E-state index contributed by atoms with van der Waals surface area (Å²) in [6.07, 6.45) is 2.88. The van der Waals surface area contributed by atoms with Crippen LogP contribution < -0.4 is 5.32 Å². The molecule has 1 rings (SSSR count). The third-order valence-electron chi connectivity index (χ3n) is 1.95. The van der Waals surface area contributed by atoms with Crippen molar-refractivity contribution < 1.29 is 9.47 Å². The van der Waals surface area contributed by atoms with Crippen LogP contribution in [0, 0.1) is 0 Å². The highest BCUT2D eigenvalue weighted by Crippen LogP contribution is 2.03. The van der Waals surface area contributed by atoms with Gasteiger partial charge in [0, 0.05) is 6.54 Å². The minimum atomic E-state index is 0.373. The fraction of sp³-hybridized carbons (Fsp3) is 1.00. The lowest BCUT2D eigenvalue weighted by Crippen LogP contribution is -2.37. The second-order valence-electron chi connectivity index (χ2n) is 3.13. The standard InChI is InChI=1S/C9H19NO2/c1-2-3-4-10-5-6-12-9-7-11-8-9/h9-10H,2-8H2,1H3. The molecule has 0 bridgehead atoms. The normalized spacial score (nSPS) is 17.8. The maximum Gasteiger partial charge on any atom is 0.104 e. The van der Waals surface area contributed by atoms with Gasteiger partial charge in [-0.3, -0.25) is 0 Å². The lowest BCUT2D eigenvalue weighted by molar-refractivity contribution is -0.128. The van der Waals surface area contributed by atoms with E-state index >= 15 is 0 Å². The fourth-order valence-electron chi connectivity index (χ4n) is 1.03. The second kappa shape index (κ2) is 6.40. The average molecular weight is 173 g/mol. The van der Waals surface area contributed by atoms with Crippen LogP contribution in [0.5, 0.6) is 0 Å². The zero-order chi connectivity index (χ0) is 8.65. The molecule has 0 amide bonds. The first-order valence-electron chi connectivity index (χ1n) is 4.83. The van der Waals surface area contributed by atoms with Crippen LogP contribution >= 0.6 is 0 Å². The monoisotopic (exact) mass is 173 g/mol. The molecule has 1 heterocycles. The number of hydrogen-bond donors (Lipinski definition) is 1. The molecule has 0 radical (unpaired) electrons. The molecule has 0 aromatic heterocycles. The molecule has 0 atom stereocenters. The Bertz CT molecular complexity index is 105. The van der Waals surface area contributed by atoms with Crippen LogP contribution in [0.1, 0.15) is 19.8 Å². The highest BCUT2D eigenvalue weighted by Gasteiger charge is 2.17. The van der Waals surface area contributed by atoms with Gasteiger partial charge in [0.25, 0.3) is 0 Å². The highest BCUT2D eigenvalue weighted by molar-refractivity contribution is 4.64. The largest absolute Gasteiger partial charge is 0.376 e. The molecule has 0 aromatic rings. The van der Waals surface area contributed by atoms with Crippen molar-refractivity contribution in [2.45, 2.75) is 25.9 Å². The first-order valence-corrected chi connectivity index (χ1v) is 4.83. The van der Waals surface area contributed by atoms with E-state index in [1.807, 2.05) is 0 Å². The maximum absolute atomic E-state index is 5.47. The lowest BCUT2D eigenvalue weighted by Gasteiger charge is -2.25. The van der Waals surface area contributed by atoms with Crippen molar-refractivity contribution in [1.82, 2.24) is 5.32 Å². The molecule has 1 fully saturated rings. The number of nitrogens with one attached hydrogen (secondary N) is 1. The van der Waals surface area contributed by atoms with E-state index in [1.165, 1.54) is 12.8 Å². The Balaban J connectivity index is 1.70. The van der Waals surface area contributed by atoms with Crippen LogP contribution in [-0.4, -0.2) is 39.0 Å². The summed E-state index contributed by atoms with van der Waals surface area (Å²) in [4.78, 5) is 0. The molecule has 1 aliphatic heterocycles. The summed E-state index contributed by atoms with van der Waals surface area (Å²) in [5, 5.41) is 3.32. The van der Waals surface area contributed by atoms with E-state index < -0.39 is 0 Å². The van der Waals surface area contributed by atoms with Gasteiger partial charge in [-0.05, 0) is 13.0 Å². The van der Waals surface area contributed by atoms with E-state index in [2.05, 4.69) is 12.2 Å². The maximum atomic E-state index is 5.47. The predicted octanol–water partition coefficient (Wildman–Crippen LogP) is 0.791. The molecule has 0 saturated carbocycles. The molecule has 0 spiro atoms. The SMILES string of the molecule is CCCCNCCOC1COC1. The van der Waals surface area contributed by atoms with Gasteiger partial charge in [-0.15, -0.1) is 0 Å². The van der Waals surface area contributed by atoms with Gasteiger partial charge in [0.1, 0.15) is 6.10 Å². The molecule has 1 saturated heterocycles. The first-order chi connectivity index (χ1) is 5.93. The van der Waals surface area contributed by atoms with Crippen LogP contribution in [0.4, 0.5) is 0 Å². The van der Waals surface area contributed by atoms with E-state index in [-0.39, 0.29) is 0 Å². The summed E-state index contributed by atoms with van der Waals surface area (Å²) in [6.45, 7) is 6.67. The van der Waals surface area contributed by atoms with E-state index in [9.17, 15) is 0 Å². The lowest BCUT2D eigenvalue weighted by atomic mass is 10.3. The van der Waals surface area contributed by atoms with Crippen molar-refractivity contribution in [2.75, 3.05) is 32.9 Å². The number of ether oxygens (including phenoxy) is 2. The second-order valence-corrected chi connectivity index (χ2v) is 3.13. The molecule has 12 heavy (non-hydrogen) atoms. The van der Waals surface area contributed by atoms with Crippen molar-refractivity contribution in [3.8, 4) is 0 Å². The average Bonchev–Trinajstić information content (AvgIpc) is 2.00. The summed E-state index contributed by atoms with van der Waals surface area (Å²) in [6, 6.07) is 0. The van der Waals surface area contributed by atoms with Crippen LogP contribution in [0.25, 0.3) is 0 Å². The summed E-state index contributed by atoms with van der Waals surface area (Å²) in [5.74, 6) is 0. The van der Waals surface area contributed by atoms with Crippen LogP contribution in [-0.2, 0) is 9.47 Å². The van der Waals surface area contributed by atoms with Crippen molar-refractivity contribution in [2.24, 2.45) is 0 Å². The van der Waals surface area contributed by atoms with E-state index in [0.29, 0.717) is 6.10 Å². The van der Waals surface area contributed by atoms with E-state index in [1.54, 1.807) is 0 Å². The molecule has 1 aliphatic rings. The fourth-order valence-corrected chi connectivity index (χ4v) is 1.03. The zero-order valence-corrected chi connectivity index (χ0v) is 7.84. The minimum Gasteiger partial charge on any atom is -0.376 e. The topological polar surface area (TPSA) is 30.5 Å². The van der Waals surface area contributed by atoms with Gasteiger partial charge >= 0.3 is 0 Å². The molecule has 0 unspecified atom stereocenters. The van der Waals surface area contributed by atoms with Crippen molar-refractivity contribution in [3.63, 3.8) is 0 Å². The third kappa shape index (κ3) is 4.04. The van der Waals surface area contributed by atoms with Gasteiger partial charge in [0.2, 0.25) is 0 Å². The van der Waals surface area contributed by atoms with E-state index in [0.717, 1.165) is 32.9 Å². The number of unbranched alkanes of at least 4 members (excludes halogenated alkanes) is 1. The number of hydrogen-bond acceptors (Lipinski definition) is 3. The van der Waals surface area contributed by atoms with Crippen LogP contribution in [0.15, 0.2) is 0 Å². The Hall–Kier alpha value is -0.120.